The Kier molecular flexibility index (Phi) is 5.39. The monoisotopic (exact) mass is 184 g/mol. The zero-order chi connectivity index (χ0) is 10.4. The molecule has 0 fully saturated rings. The van der Waals surface area contributed by atoms with Gasteiger partial charge in [-0.25, -0.2) is 0 Å². The van der Waals surface area contributed by atoms with Gasteiger partial charge in [0, 0.05) is 17.7 Å². The van der Waals surface area contributed by atoms with Gasteiger partial charge in [-0.2, -0.15) is 0 Å². The minimum absolute atomic E-state index is 0.0158. The summed E-state index contributed by atoms with van der Waals surface area (Å²) in [5, 5.41) is 2.81. The van der Waals surface area contributed by atoms with Crippen LogP contribution in [0.3, 0.4) is 0 Å². The lowest BCUT2D eigenvalue weighted by atomic mass is 10.1. The van der Waals surface area contributed by atoms with Gasteiger partial charge in [0.1, 0.15) is 0 Å². The summed E-state index contributed by atoms with van der Waals surface area (Å²) in [6, 6.07) is 0.159. The largest absolute Gasteiger partial charge is 0.350 e. The Morgan fingerprint density at radius 1 is 1.54 bits per heavy atom. The maximum atomic E-state index is 11.4. The molecule has 0 aromatic rings. The molecule has 3 N–H and O–H groups in total. The van der Waals surface area contributed by atoms with E-state index in [4.69, 9.17) is 5.73 Å². The Labute approximate surface area is 80.4 Å². The third-order valence-electron chi connectivity index (χ3n) is 1.71. The van der Waals surface area contributed by atoms with Gasteiger partial charge in [0.15, 0.2) is 0 Å². The molecule has 0 saturated heterocycles. The standard InChI is InChI=1S/C10H20N2O/c1-5-9(11)6-8(4)10(13)12-7(2)3/h6-7,9H,5,11H2,1-4H3,(H,12,13). The molecule has 76 valence electrons. The van der Waals surface area contributed by atoms with Gasteiger partial charge >= 0.3 is 0 Å². The van der Waals surface area contributed by atoms with Crippen LogP contribution in [-0.2, 0) is 4.79 Å². The smallest absolute Gasteiger partial charge is 0.246 e. The molecule has 1 amide bonds. The molecule has 0 bridgehead atoms. The molecule has 0 aliphatic rings. The Balaban J connectivity index is 4.16. The molecule has 1 unspecified atom stereocenters. The van der Waals surface area contributed by atoms with E-state index in [9.17, 15) is 4.79 Å². The summed E-state index contributed by atoms with van der Waals surface area (Å²) in [5.41, 5.74) is 6.38. The predicted octanol–water partition coefficient (Wildman–Crippen LogP) is 1.19. The number of hydrogen-bond acceptors (Lipinski definition) is 2. The molecule has 0 rings (SSSR count). The van der Waals surface area contributed by atoms with Crippen molar-refractivity contribution in [3.05, 3.63) is 11.6 Å². The van der Waals surface area contributed by atoms with E-state index in [0.717, 1.165) is 6.42 Å². The van der Waals surface area contributed by atoms with Crippen LogP contribution in [0.1, 0.15) is 34.1 Å². The zero-order valence-corrected chi connectivity index (χ0v) is 8.92. The molecule has 13 heavy (non-hydrogen) atoms. The molecule has 0 aliphatic carbocycles. The van der Waals surface area contributed by atoms with Gasteiger partial charge in [-0.15, -0.1) is 0 Å². The van der Waals surface area contributed by atoms with Gasteiger partial charge in [0.25, 0.3) is 0 Å². The van der Waals surface area contributed by atoms with E-state index in [0.29, 0.717) is 5.57 Å². The summed E-state index contributed by atoms with van der Waals surface area (Å²) in [6.07, 6.45) is 2.66. The second-order valence-electron chi connectivity index (χ2n) is 3.55. The van der Waals surface area contributed by atoms with Crippen molar-refractivity contribution in [3.8, 4) is 0 Å². The lowest BCUT2D eigenvalue weighted by Crippen LogP contribution is -2.31. The van der Waals surface area contributed by atoms with Crippen molar-refractivity contribution >= 4 is 5.91 Å². The van der Waals surface area contributed by atoms with Crippen molar-refractivity contribution in [3.63, 3.8) is 0 Å². The minimum atomic E-state index is -0.0288. The third kappa shape index (κ3) is 5.42. The Morgan fingerprint density at radius 3 is 2.46 bits per heavy atom. The molecule has 0 aromatic carbocycles. The predicted molar refractivity (Wildman–Crippen MR) is 55.3 cm³/mol. The highest BCUT2D eigenvalue weighted by Gasteiger charge is 2.06. The van der Waals surface area contributed by atoms with Crippen LogP contribution in [0.5, 0.6) is 0 Å². The van der Waals surface area contributed by atoms with Gasteiger partial charge in [0.05, 0.1) is 0 Å². The van der Waals surface area contributed by atoms with E-state index in [-0.39, 0.29) is 18.0 Å². The fourth-order valence-electron chi connectivity index (χ4n) is 0.891. The van der Waals surface area contributed by atoms with Crippen LogP contribution >= 0.6 is 0 Å². The summed E-state index contributed by atoms with van der Waals surface area (Å²) in [4.78, 5) is 11.4. The van der Waals surface area contributed by atoms with E-state index in [2.05, 4.69) is 5.32 Å². The summed E-state index contributed by atoms with van der Waals surface area (Å²) < 4.78 is 0. The quantitative estimate of drug-likeness (QED) is 0.645. The van der Waals surface area contributed by atoms with Crippen molar-refractivity contribution in [2.45, 2.75) is 46.2 Å². The Hall–Kier alpha value is -0.830. The molecule has 3 nitrogen and oxygen atoms in total. The Morgan fingerprint density at radius 2 is 2.08 bits per heavy atom. The second kappa shape index (κ2) is 5.75. The number of carbonyl (C=O) groups is 1. The van der Waals surface area contributed by atoms with E-state index >= 15 is 0 Å². The van der Waals surface area contributed by atoms with Gasteiger partial charge in [0.2, 0.25) is 5.91 Å². The fourth-order valence-corrected chi connectivity index (χ4v) is 0.891. The van der Waals surface area contributed by atoms with E-state index in [1.807, 2.05) is 20.8 Å². The third-order valence-corrected chi connectivity index (χ3v) is 1.71. The second-order valence-corrected chi connectivity index (χ2v) is 3.55. The van der Waals surface area contributed by atoms with Crippen molar-refractivity contribution in [2.75, 3.05) is 0 Å². The van der Waals surface area contributed by atoms with Crippen LogP contribution in [0.25, 0.3) is 0 Å². The highest BCUT2D eigenvalue weighted by molar-refractivity contribution is 5.92. The first-order chi connectivity index (χ1) is 5.97. The molecule has 0 aliphatic heterocycles. The topological polar surface area (TPSA) is 55.1 Å². The van der Waals surface area contributed by atoms with Crippen molar-refractivity contribution in [1.82, 2.24) is 5.32 Å². The molecule has 1 atom stereocenters. The van der Waals surface area contributed by atoms with Gasteiger partial charge in [-0.3, -0.25) is 4.79 Å². The first-order valence-corrected chi connectivity index (χ1v) is 4.72. The molecule has 0 spiro atoms. The van der Waals surface area contributed by atoms with Crippen LogP contribution in [0.2, 0.25) is 0 Å². The summed E-state index contributed by atoms with van der Waals surface area (Å²) >= 11 is 0. The number of carbonyl (C=O) groups excluding carboxylic acids is 1. The maximum absolute atomic E-state index is 11.4. The molecular formula is C10H20N2O. The Bertz CT molecular complexity index is 197. The first-order valence-electron chi connectivity index (χ1n) is 4.72. The van der Waals surface area contributed by atoms with Crippen molar-refractivity contribution < 1.29 is 4.79 Å². The normalized spacial score (nSPS) is 14.5. The van der Waals surface area contributed by atoms with Gasteiger partial charge < -0.3 is 11.1 Å². The summed E-state index contributed by atoms with van der Waals surface area (Å²) in [7, 11) is 0. The average molecular weight is 184 g/mol. The van der Waals surface area contributed by atoms with Crippen LogP contribution in [0.15, 0.2) is 11.6 Å². The highest BCUT2D eigenvalue weighted by atomic mass is 16.1. The van der Waals surface area contributed by atoms with Crippen LogP contribution in [0.4, 0.5) is 0 Å². The lowest BCUT2D eigenvalue weighted by Gasteiger charge is -2.09. The highest BCUT2D eigenvalue weighted by Crippen LogP contribution is 1.98. The number of hydrogen-bond donors (Lipinski definition) is 2. The van der Waals surface area contributed by atoms with Crippen LogP contribution in [-0.4, -0.2) is 18.0 Å². The van der Waals surface area contributed by atoms with E-state index in [1.165, 1.54) is 0 Å². The van der Waals surface area contributed by atoms with Gasteiger partial charge in [-0.1, -0.05) is 13.0 Å². The maximum Gasteiger partial charge on any atom is 0.246 e. The summed E-state index contributed by atoms with van der Waals surface area (Å²) in [5.74, 6) is -0.0288. The van der Waals surface area contributed by atoms with E-state index in [1.54, 1.807) is 13.0 Å². The van der Waals surface area contributed by atoms with Crippen molar-refractivity contribution in [1.29, 1.82) is 0 Å². The number of amides is 1. The minimum Gasteiger partial charge on any atom is -0.350 e. The van der Waals surface area contributed by atoms with Crippen LogP contribution in [0, 0.1) is 0 Å². The van der Waals surface area contributed by atoms with Crippen LogP contribution < -0.4 is 11.1 Å². The lowest BCUT2D eigenvalue weighted by molar-refractivity contribution is -0.117. The number of nitrogens with one attached hydrogen (secondary N) is 1. The summed E-state index contributed by atoms with van der Waals surface area (Å²) in [6.45, 7) is 7.65. The molecule has 0 aromatic heterocycles. The molecule has 0 saturated carbocycles. The first kappa shape index (κ1) is 12.2. The molecule has 0 heterocycles. The SMILES string of the molecule is CCC(N)C=C(C)C(=O)NC(C)C. The average Bonchev–Trinajstić information content (AvgIpc) is 2.02. The molecule has 3 heteroatoms. The van der Waals surface area contributed by atoms with Gasteiger partial charge in [-0.05, 0) is 27.2 Å². The molecule has 0 radical (unpaired) electrons. The number of nitrogens with two attached hydrogens (primary N) is 1. The fraction of sp³-hybridized carbons (Fsp3) is 0.700. The van der Waals surface area contributed by atoms with Crippen molar-refractivity contribution in [2.24, 2.45) is 5.73 Å². The zero-order valence-electron chi connectivity index (χ0n) is 8.92. The number of rotatable bonds is 4. The molecular weight excluding hydrogens is 164 g/mol. The van der Waals surface area contributed by atoms with E-state index < -0.39 is 0 Å².